The van der Waals surface area contributed by atoms with Gasteiger partial charge in [0.05, 0.1) is 7.11 Å². The molecule has 144 valence electrons. The largest absolute Gasteiger partial charge is 0.496 e. The second-order valence-electron chi connectivity index (χ2n) is 6.47. The predicted octanol–water partition coefficient (Wildman–Crippen LogP) is 4.02. The van der Waals surface area contributed by atoms with Crippen molar-refractivity contribution in [2.75, 3.05) is 20.3 Å². The molecular weight excluding hydrogens is 350 g/mol. The average Bonchev–Trinajstić information content (AvgIpc) is 2.74. The van der Waals surface area contributed by atoms with E-state index >= 15 is 0 Å². The number of rotatable bonds is 9. The first kappa shape index (κ1) is 19.5. The van der Waals surface area contributed by atoms with Crippen LogP contribution < -0.4 is 14.8 Å². The molecule has 3 aromatic rings. The highest BCUT2D eigenvalue weighted by molar-refractivity contribution is 5.77. The summed E-state index contributed by atoms with van der Waals surface area (Å²) in [6, 6.07) is 25.9. The monoisotopic (exact) mass is 375 g/mol. The van der Waals surface area contributed by atoms with Crippen molar-refractivity contribution in [1.29, 1.82) is 0 Å². The van der Waals surface area contributed by atoms with E-state index in [2.05, 4.69) is 17.4 Å². The molecule has 1 amide bonds. The topological polar surface area (TPSA) is 47.6 Å². The van der Waals surface area contributed by atoms with E-state index in [4.69, 9.17) is 9.47 Å². The van der Waals surface area contributed by atoms with Crippen LogP contribution in [0.1, 0.15) is 16.7 Å². The van der Waals surface area contributed by atoms with Crippen LogP contribution in [0.15, 0.2) is 78.9 Å². The maximum atomic E-state index is 12.2. The van der Waals surface area contributed by atoms with Crippen LogP contribution in [0.5, 0.6) is 11.5 Å². The zero-order chi connectivity index (χ0) is 19.6. The van der Waals surface area contributed by atoms with Gasteiger partial charge >= 0.3 is 0 Å². The van der Waals surface area contributed by atoms with Crippen molar-refractivity contribution in [3.8, 4) is 11.5 Å². The third-order valence-electron chi connectivity index (χ3n) is 4.48. The molecule has 0 bridgehead atoms. The van der Waals surface area contributed by atoms with Gasteiger partial charge in [0.25, 0.3) is 5.91 Å². The molecule has 0 saturated carbocycles. The minimum atomic E-state index is -0.135. The number of para-hydroxylation sites is 2. The van der Waals surface area contributed by atoms with Gasteiger partial charge in [0, 0.05) is 13.0 Å². The molecule has 0 spiro atoms. The molecule has 0 aromatic heterocycles. The van der Waals surface area contributed by atoms with Crippen LogP contribution in [-0.4, -0.2) is 26.2 Å². The summed E-state index contributed by atoms with van der Waals surface area (Å²) in [6.07, 6.45) is 1.48. The highest BCUT2D eigenvalue weighted by Gasteiger charge is 2.08. The minimum Gasteiger partial charge on any atom is -0.496 e. The number of methoxy groups -OCH3 is 1. The molecule has 28 heavy (non-hydrogen) atoms. The fraction of sp³-hybridized carbons (Fsp3) is 0.208. The highest BCUT2D eigenvalue weighted by Crippen LogP contribution is 2.21. The number of ether oxygens (including phenoxy) is 2. The number of nitrogens with one attached hydrogen (secondary N) is 1. The van der Waals surface area contributed by atoms with Crippen molar-refractivity contribution in [2.24, 2.45) is 0 Å². The molecule has 1 N–H and O–H groups in total. The second-order valence-corrected chi connectivity index (χ2v) is 6.47. The molecular formula is C24H25NO3. The van der Waals surface area contributed by atoms with Gasteiger partial charge in [0.2, 0.25) is 0 Å². The fourth-order valence-corrected chi connectivity index (χ4v) is 3.05. The number of hydrogen-bond acceptors (Lipinski definition) is 3. The van der Waals surface area contributed by atoms with Crippen LogP contribution in [0, 0.1) is 0 Å². The van der Waals surface area contributed by atoms with Crippen molar-refractivity contribution in [2.45, 2.75) is 12.8 Å². The van der Waals surface area contributed by atoms with Gasteiger partial charge in [0.15, 0.2) is 6.61 Å². The normalized spacial score (nSPS) is 10.3. The lowest BCUT2D eigenvalue weighted by molar-refractivity contribution is -0.123. The lowest BCUT2D eigenvalue weighted by Crippen LogP contribution is -2.30. The minimum absolute atomic E-state index is 0.00225. The van der Waals surface area contributed by atoms with Gasteiger partial charge < -0.3 is 14.8 Å². The van der Waals surface area contributed by atoms with E-state index in [-0.39, 0.29) is 12.5 Å². The van der Waals surface area contributed by atoms with E-state index in [1.807, 2.05) is 66.7 Å². The molecule has 4 nitrogen and oxygen atoms in total. The van der Waals surface area contributed by atoms with Gasteiger partial charge in [-0.2, -0.15) is 0 Å². The lowest BCUT2D eigenvalue weighted by atomic mass is 10.0. The van der Waals surface area contributed by atoms with Crippen LogP contribution in [0.3, 0.4) is 0 Å². The van der Waals surface area contributed by atoms with Crippen LogP contribution in [0.2, 0.25) is 0 Å². The van der Waals surface area contributed by atoms with Gasteiger partial charge in [-0.1, -0.05) is 66.7 Å². The maximum absolute atomic E-state index is 12.2. The molecule has 4 heteroatoms. The molecule has 0 aliphatic rings. The van der Waals surface area contributed by atoms with Crippen LogP contribution >= 0.6 is 0 Å². The van der Waals surface area contributed by atoms with Crippen molar-refractivity contribution in [3.05, 3.63) is 95.6 Å². The average molecular weight is 375 g/mol. The van der Waals surface area contributed by atoms with E-state index < -0.39 is 0 Å². The molecule has 0 aliphatic carbocycles. The number of amides is 1. The Bertz CT molecular complexity index is 893. The van der Waals surface area contributed by atoms with Gasteiger partial charge in [-0.3, -0.25) is 4.79 Å². The number of benzene rings is 3. The number of carbonyl (C=O) groups is 1. The molecule has 0 radical (unpaired) electrons. The number of hydrogen-bond donors (Lipinski definition) is 1. The maximum Gasteiger partial charge on any atom is 0.257 e. The van der Waals surface area contributed by atoms with Crippen LogP contribution in [0.25, 0.3) is 0 Å². The molecule has 0 aliphatic heterocycles. The Morgan fingerprint density at radius 1 is 0.821 bits per heavy atom. The van der Waals surface area contributed by atoms with Crippen molar-refractivity contribution >= 4 is 5.91 Å². The molecule has 3 rings (SSSR count). The zero-order valence-electron chi connectivity index (χ0n) is 16.1. The Balaban J connectivity index is 1.49. The standard InChI is InChI=1S/C24H25NO3/c1-27-22-13-7-5-11-20(22)15-16-25-24(26)18-28-23-14-8-6-12-21(23)17-19-9-3-2-4-10-19/h2-14H,15-18H2,1H3,(H,25,26). The summed E-state index contributed by atoms with van der Waals surface area (Å²) in [5.41, 5.74) is 3.34. The first-order chi connectivity index (χ1) is 13.8. The predicted molar refractivity (Wildman–Crippen MR) is 111 cm³/mol. The highest BCUT2D eigenvalue weighted by atomic mass is 16.5. The summed E-state index contributed by atoms with van der Waals surface area (Å²) >= 11 is 0. The Morgan fingerprint density at radius 2 is 1.46 bits per heavy atom. The molecule has 0 unspecified atom stereocenters. The van der Waals surface area contributed by atoms with Gasteiger partial charge in [0.1, 0.15) is 11.5 Å². The quantitative estimate of drug-likeness (QED) is 0.614. The molecule has 0 saturated heterocycles. The molecule has 3 aromatic carbocycles. The van der Waals surface area contributed by atoms with Gasteiger partial charge in [-0.25, -0.2) is 0 Å². The van der Waals surface area contributed by atoms with Crippen molar-refractivity contribution < 1.29 is 14.3 Å². The Labute approximate surface area is 166 Å². The first-order valence-electron chi connectivity index (χ1n) is 9.39. The van der Waals surface area contributed by atoms with Gasteiger partial charge in [-0.05, 0) is 35.2 Å². The Morgan fingerprint density at radius 3 is 2.21 bits per heavy atom. The smallest absolute Gasteiger partial charge is 0.257 e. The van der Waals surface area contributed by atoms with Gasteiger partial charge in [-0.15, -0.1) is 0 Å². The van der Waals surface area contributed by atoms with Crippen LogP contribution in [-0.2, 0) is 17.6 Å². The third kappa shape index (κ3) is 5.61. The summed E-state index contributed by atoms with van der Waals surface area (Å²) in [5.74, 6) is 1.44. The summed E-state index contributed by atoms with van der Waals surface area (Å²) in [7, 11) is 1.65. The van der Waals surface area contributed by atoms with Crippen molar-refractivity contribution in [1.82, 2.24) is 5.32 Å². The van der Waals surface area contributed by atoms with E-state index in [1.165, 1.54) is 5.56 Å². The van der Waals surface area contributed by atoms with E-state index in [9.17, 15) is 4.79 Å². The summed E-state index contributed by atoms with van der Waals surface area (Å²) in [5, 5.41) is 2.90. The number of carbonyl (C=O) groups excluding carboxylic acids is 1. The van der Waals surface area contributed by atoms with Crippen LogP contribution in [0.4, 0.5) is 0 Å². The van der Waals surface area contributed by atoms with E-state index in [1.54, 1.807) is 7.11 Å². The molecule has 0 heterocycles. The fourth-order valence-electron chi connectivity index (χ4n) is 3.05. The summed E-state index contributed by atoms with van der Waals surface area (Å²) in [6.45, 7) is 0.534. The first-order valence-corrected chi connectivity index (χ1v) is 9.39. The second kappa shape index (κ2) is 10.2. The summed E-state index contributed by atoms with van der Waals surface area (Å²) in [4.78, 5) is 12.2. The SMILES string of the molecule is COc1ccccc1CCNC(=O)COc1ccccc1Cc1ccccc1. The third-order valence-corrected chi connectivity index (χ3v) is 4.48. The Kier molecular flexibility index (Phi) is 7.08. The molecule has 0 atom stereocenters. The lowest BCUT2D eigenvalue weighted by Gasteiger charge is -2.12. The summed E-state index contributed by atoms with van der Waals surface area (Å²) < 4.78 is 11.1. The van der Waals surface area contributed by atoms with E-state index in [0.29, 0.717) is 13.0 Å². The zero-order valence-corrected chi connectivity index (χ0v) is 16.1. The van der Waals surface area contributed by atoms with Crippen molar-refractivity contribution in [3.63, 3.8) is 0 Å². The molecule has 0 fully saturated rings. The Hall–Kier alpha value is -3.27. The van der Waals surface area contributed by atoms with E-state index in [0.717, 1.165) is 29.0 Å².